The number of aryl methyl sites for hydroxylation is 1. The molecule has 1 aromatic rings. The predicted octanol–water partition coefficient (Wildman–Crippen LogP) is 2.44. The van der Waals surface area contributed by atoms with Gasteiger partial charge < -0.3 is 15.3 Å². The number of nitrogens with one attached hydrogen (secondary N) is 1. The molecule has 22 heavy (non-hydrogen) atoms. The summed E-state index contributed by atoms with van der Waals surface area (Å²) in [5.41, 5.74) is 0.950. The van der Waals surface area contributed by atoms with E-state index in [9.17, 15) is 4.79 Å². The number of carboxylic acid groups (broad SMARTS) is 1. The summed E-state index contributed by atoms with van der Waals surface area (Å²) in [6.45, 7) is 3.47. The summed E-state index contributed by atoms with van der Waals surface area (Å²) in [6.07, 6.45) is 6.30. The normalized spacial score (nSPS) is 20.3. The van der Waals surface area contributed by atoms with Crippen LogP contribution in [0.4, 0.5) is 11.8 Å². The van der Waals surface area contributed by atoms with Crippen molar-refractivity contribution < 1.29 is 9.90 Å². The molecule has 2 fully saturated rings. The lowest BCUT2D eigenvalue weighted by Gasteiger charge is -2.31. The van der Waals surface area contributed by atoms with Crippen LogP contribution in [0.15, 0.2) is 6.07 Å². The van der Waals surface area contributed by atoms with Crippen LogP contribution in [0.3, 0.4) is 0 Å². The Kier molecular flexibility index (Phi) is 4.45. The molecule has 2 aliphatic rings. The van der Waals surface area contributed by atoms with Gasteiger partial charge in [-0.1, -0.05) is 12.8 Å². The van der Waals surface area contributed by atoms with Gasteiger partial charge in [0.1, 0.15) is 5.82 Å². The molecule has 1 saturated carbocycles. The van der Waals surface area contributed by atoms with Crippen molar-refractivity contribution in [1.29, 1.82) is 0 Å². The van der Waals surface area contributed by atoms with Gasteiger partial charge in [0.05, 0.1) is 5.92 Å². The molecule has 0 bridgehead atoms. The first-order valence-electron chi connectivity index (χ1n) is 8.22. The molecule has 0 spiro atoms. The zero-order valence-corrected chi connectivity index (χ0v) is 13.1. The molecule has 6 heteroatoms. The molecule has 0 amide bonds. The number of hydrogen-bond donors (Lipinski definition) is 2. The second-order valence-corrected chi connectivity index (χ2v) is 6.42. The topological polar surface area (TPSA) is 78.4 Å². The zero-order chi connectivity index (χ0) is 15.5. The van der Waals surface area contributed by atoms with E-state index in [1.807, 2.05) is 13.0 Å². The van der Waals surface area contributed by atoms with Crippen LogP contribution in [0.5, 0.6) is 0 Å². The molecular formula is C16H24N4O2. The molecule has 0 radical (unpaired) electrons. The maximum Gasteiger partial charge on any atom is 0.306 e. The zero-order valence-electron chi connectivity index (χ0n) is 13.1. The van der Waals surface area contributed by atoms with Crippen LogP contribution in [0.2, 0.25) is 0 Å². The molecule has 6 nitrogen and oxygen atoms in total. The Hall–Kier alpha value is -1.85. The van der Waals surface area contributed by atoms with E-state index in [0.29, 0.717) is 24.8 Å². The molecule has 2 N–H and O–H groups in total. The monoisotopic (exact) mass is 304 g/mol. The number of aliphatic carboxylic acids is 1. The number of nitrogens with zero attached hydrogens (tertiary/aromatic N) is 3. The van der Waals surface area contributed by atoms with Crippen LogP contribution in [0.25, 0.3) is 0 Å². The lowest BCUT2D eigenvalue weighted by Crippen LogP contribution is -2.37. The Morgan fingerprint density at radius 2 is 1.91 bits per heavy atom. The molecular weight excluding hydrogens is 280 g/mol. The Morgan fingerprint density at radius 3 is 2.55 bits per heavy atom. The van der Waals surface area contributed by atoms with Crippen molar-refractivity contribution in [2.24, 2.45) is 5.92 Å². The highest BCUT2D eigenvalue weighted by atomic mass is 16.4. The van der Waals surface area contributed by atoms with Crippen molar-refractivity contribution in [3.63, 3.8) is 0 Å². The molecule has 1 aliphatic carbocycles. The SMILES string of the molecule is Cc1cc(N2CCC(C(=O)O)CC2)nc(NC2CCCC2)n1. The van der Waals surface area contributed by atoms with Crippen molar-refractivity contribution in [2.45, 2.75) is 51.5 Å². The molecule has 1 saturated heterocycles. The smallest absolute Gasteiger partial charge is 0.306 e. The van der Waals surface area contributed by atoms with E-state index < -0.39 is 5.97 Å². The van der Waals surface area contributed by atoms with Crippen molar-refractivity contribution >= 4 is 17.7 Å². The van der Waals surface area contributed by atoms with Gasteiger partial charge in [0.25, 0.3) is 0 Å². The highest BCUT2D eigenvalue weighted by Gasteiger charge is 2.25. The summed E-state index contributed by atoms with van der Waals surface area (Å²) in [5.74, 6) is 0.733. The summed E-state index contributed by atoms with van der Waals surface area (Å²) < 4.78 is 0. The van der Waals surface area contributed by atoms with Gasteiger partial charge in [-0.05, 0) is 32.6 Å². The molecule has 3 rings (SSSR count). The third-order valence-corrected chi connectivity index (χ3v) is 4.70. The van der Waals surface area contributed by atoms with Crippen molar-refractivity contribution in [3.05, 3.63) is 11.8 Å². The molecule has 0 aromatic carbocycles. The quantitative estimate of drug-likeness (QED) is 0.889. The standard InChI is InChI=1S/C16H24N4O2/c1-11-10-14(20-8-6-12(7-9-20)15(21)22)19-16(17-11)18-13-4-2-3-5-13/h10,12-13H,2-9H2,1H3,(H,21,22)(H,17,18,19). The third-order valence-electron chi connectivity index (χ3n) is 4.70. The number of carbonyl (C=O) groups is 1. The second kappa shape index (κ2) is 6.50. The fourth-order valence-corrected chi connectivity index (χ4v) is 3.39. The van der Waals surface area contributed by atoms with Gasteiger partial charge in [-0.2, -0.15) is 4.98 Å². The second-order valence-electron chi connectivity index (χ2n) is 6.42. The fourth-order valence-electron chi connectivity index (χ4n) is 3.39. The average Bonchev–Trinajstić information content (AvgIpc) is 2.99. The van der Waals surface area contributed by atoms with Crippen LogP contribution in [-0.4, -0.2) is 40.2 Å². The van der Waals surface area contributed by atoms with Crippen molar-refractivity contribution in [2.75, 3.05) is 23.3 Å². The van der Waals surface area contributed by atoms with E-state index in [2.05, 4.69) is 20.2 Å². The molecule has 2 heterocycles. The maximum atomic E-state index is 11.0. The van der Waals surface area contributed by atoms with E-state index in [1.165, 1.54) is 25.7 Å². The van der Waals surface area contributed by atoms with Gasteiger partial charge in [0.2, 0.25) is 5.95 Å². The van der Waals surface area contributed by atoms with Crippen molar-refractivity contribution in [3.8, 4) is 0 Å². The molecule has 0 atom stereocenters. The predicted molar refractivity (Wildman–Crippen MR) is 85.2 cm³/mol. The van der Waals surface area contributed by atoms with Crippen LogP contribution >= 0.6 is 0 Å². The number of piperidine rings is 1. The van der Waals surface area contributed by atoms with E-state index in [-0.39, 0.29) is 5.92 Å². The van der Waals surface area contributed by atoms with Crippen LogP contribution in [0.1, 0.15) is 44.2 Å². The van der Waals surface area contributed by atoms with E-state index in [1.54, 1.807) is 0 Å². The molecule has 1 aliphatic heterocycles. The summed E-state index contributed by atoms with van der Waals surface area (Å²) in [5, 5.41) is 12.5. The van der Waals surface area contributed by atoms with Crippen molar-refractivity contribution in [1.82, 2.24) is 9.97 Å². The third kappa shape index (κ3) is 3.48. The molecule has 1 aromatic heterocycles. The number of carboxylic acids is 1. The largest absolute Gasteiger partial charge is 0.481 e. The fraction of sp³-hybridized carbons (Fsp3) is 0.688. The summed E-state index contributed by atoms with van der Waals surface area (Å²) >= 11 is 0. The van der Waals surface area contributed by atoms with Gasteiger partial charge in [-0.15, -0.1) is 0 Å². The summed E-state index contributed by atoms with van der Waals surface area (Å²) in [6, 6.07) is 2.48. The summed E-state index contributed by atoms with van der Waals surface area (Å²) in [7, 11) is 0. The van der Waals surface area contributed by atoms with Gasteiger partial charge >= 0.3 is 5.97 Å². The molecule has 0 unspecified atom stereocenters. The van der Waals surface area contributed by atoms with Gasteiger partial charge in [0, 0.05) is 30.9 Å². The Balaban J connectivity index is 1.68. The van der Waals surface area contributed by atoms with Crippen LogP contribution < -0.4 is 10.2 Å². The Morgan fingerprint density at radius 1 is 1.23 bits per heavy atom. The van der Waals surface area contributed by atoms with Crippen LogP contribution in [-0.2, 0) is 4.79 Å². The van der Waals surface area contributed by atoms with Crippen LogP contribution in [0, 0.1) is 12.8 Å². The first-order valence-corrected chi connectivity index (χ1v) is 8.22. The Bertz CT molecular complexity index is 535. The van der Waals surface area contributed by atoms with E-state index >= 15 is 0 Å². The highest BCUT2D eigenvalue weighted by molar-refractivity contribution is 5.70. The molecule has 120 valence electrons. The average molecular weight is 304 g/mol. The van der Waals surface area contributed by atoms with Gasteiger partial charge in [-0.3, -0.25) is 4.79 Å². The lowest BCUT2D eigenvalue weighted by atomic mass is 9.97. The minimum absolute atomic E-state index is 0.213. The number of hydrogen-bond acceptors (Lipinski definition) is 5. The minimum atomic E-state index is -0.679. The number of rotatable bonds is 4. The lowest BCUT2D eigenvalue weighted by molar-refractivity contribution is -0.142. The highest BCUT2D eigenvalue weighted by Crippen LogP contribution is 2.25. The summed E-state index contributed by atoms with van der Waals surface area (Å²) in [4.78, 5) is 22.4. The number of aromatic nitrogens is 2. The van der Waals surface area contributed by atoms with Gasteiger partial charge in [-0.25, -0.2) is 4.98 Å². The minimum Gasteiger partial charge on any atom is -0.481 e. The van der Waals surface area contributed by atoms with Gasteiger partial charge in [0.15, 0.2) is 0 Å². The first-order chi connectivity index (χ1) is 10.6. The van der Waals surface area contributed by atoms with E-state index in [0.717, 1.165) is 24.6 Å². The maximum absolute atomic E-state index is 11.0. The number of anilines is 2. The Labute approximate surface area is 131 Å². The first kappa shape index (κ1) is 15.1. The van der Waals surface area contributed by atoms with E-state index in [4.69, 9.17) is 5.11 Å².